The lowest BCUT2D eigenvalue weighted by molar-refractivity contribution is -0.123. The lowest BCUT2D eigenvalue weighted by atomic mass is 9.80. The molecule has 0 bridgehead atoms. The van der Waals surface area contributed by atoms with Crippen molar-refractivity contribution in [3.63, 3.8) is 0 Å². The number of benzene rings is 1. The van der Waals surface area contributed by atoms with Gasteiger partial charge in [0, 0.05) is 38.2 Å². The van der Waals surface area contributed by atoms with Crippen molar-refractivity contribution in [2.75, 3.05) is 37.6 Å². The minimum atomic E-state index is -0.929. The number of rotatable bonds is 5. The zero-order valence-corrected chi connectivity index (χ0v) is 15.8. The van der Waals surface area contributed by atoms with Crippen molar-refractivity contribution in [3.8, 4) is 0 Å². The summed E-state index contributed by atoms with van der Waals surface area (Å²) in [6.07, 6.45) is 4.93. The maximum Gasteiger partial charge on any atom is 0.241 e. The zero-order valence-electron chi connectivity index (χ0n) is 15.8. The maximum absolute atomic E-state index is 13.6. The predicted molar refractivity (Wildman–Crippen MR) is 101 cm³/mol. The first-order valence-electron chi connectivity index (χ1n) is 9.98. The van der Waals surface area contributed by atoms with Crippen LogP contribution in [0.5, 0.6) is 0 Å². The Balaban J connectivity index is 1.27. The molecule has 1 saturated carbocycles. The molecule has 1 aliphatic carbocycles. The van der Waals surface area contributed by atoms with Crippen molar-refractivity contribution >= 4 is 22.7 Å². The van der Waals surface area contributed by atoms with Crippen LogP contribution in [-0.4, -0.2) is 48.7 Å². The number of amides is 1. The molecule has 1 aromatic heterocycles. The molecule has 2 fully saturated rings. The lowest BCUT2D eigenvalue weighted by Crippen LogP contribution is -2.47. The fourth-order valence-corrected chi connectivity index (χ4v) is 4.41. The molecule has 2 heterocycles. The summed E-state index contributed by atoms with van der Waals surface area (Å²) < 4.78 is 32.1. The molecule has 1 radical (unpaired) electrons. The Labute approximate surface area is 162 Å². The van der Waals surface area contributed by atoms with Gasteiger partial charge in [-0.05, 0) is 50.6 Å². The van der Waals surface area contributed by atoms with Gasteiger partial charge in [-0.1, -0.05) is 5.16 Å². The predicted octanol–water partition coefficient (Wildman–Crippen LogP) is 3.23. The number of carbonyl (C=O) groups is 1. The Hall–Kier alpha value is -2.22. The van der Waals surface area contributed by atoms with Crippen molar-refractivity contribution in [1.29, 1.82) is 0 Å². The minimum absolute atomic E-state index is 0.0459. The molecule has 28 heavy (non-hydrogen) atoms. The van der Waals surface area contributed by atoms with E-state index >= 15 is 0 Å². The highest BCUT2D eigenvalue weighted by atomic mass is 19.2. The van der Waals surface area contributed by atoms with Crippen LogP contribution < -0.4 is 10.6 Å². The van der Waals surface area contributed by atoms with Crippen molar-refractivity contribution in [2.45, 2.75) is 32.1 Å². The largest absolute Gasteiger partial charge is 0.354 e. The summed E-state index contributed by atoms with van der Waals surface area (Å²) >= 11 is 0. The highest BCUT2D eigenvalue weighted by molar-refractivity contribution is 5.88. The van der Waals surface area contributed by atoms with Gasteiger partial charge >= 0.3 is 0 Å². The van der Waals surface area contributed by atoms with Gasteiger partial charge in [-0.3, -0.25) is 15.4 Å². The molecule has 151 valence electrons. The number of hydrogen-bond acceptors (Lipinski definition) is 5. The molecule has 2 aliphatic rings. The second-order valence-corrected chi connectivity index (χ2v) is 7.97. The minimum Gasteiger partial charge on any atom is -0.354 e. The van der Waals surface area contributed by atoms with E-state index in [1.165, 1.54) is 0 Å². The summed E-state index contributed by atoms with van der Waals surface area (Å²) in [4.78, 5) is 15.6. The monoisotopic (exact) mass is 391 g/mol. The van der Waals surface area contributed by atoms with Gasteiger partial charge < -0.3 is 9.42 Å². The molecule has 8 heteroatoms. The van der Waals surface area contributed by atoms with E-state index in [0.717, 1.165) is 77.0 Å². The van der Waals surface area contributed by atoms with Gasteiger partial charge in [0.25, 0.3) is 0 Å². The third-order valence-corrected chi connectivity index (χ3v) is 6.24. The lowest BCUT2D eigenvalue weighted by Gasteiger charge is -2.36. The van der Waals surface area contributed by atoms with Gasteiger partial charge in [0.05, 0.1) is 5.39 Å². The zero-order chi connectivity index (χ0) is 19.7. The van der Waals surface area contributed by atoms with Gasteiger partial charge in [0.1, 0.15) is 0 Å². The SMILES string of the molecule is [NH]C(=O)C1CCC(CCN2CCN(c3noc4cc(F)c(F)cc34)CC2)CC1. The van der Waals surface area contributed by atoms with Gasteiger partial charge in [0.15, 0.2) is 23.0 Å². The Kier molecular flexibility index (Phi) is 5.48. The third kappa shape index (κ3) is 3.97. The normalized spacial score (nSPS) is 24.0. The standard InChI is InChI=1S/C20H25F2N4O2/c21-16-11-15-18(12-17(16)22)28-24-20(15)26-9-7-25(8-10-26)6-5-13-1-3-14(4-2-13)19(23)27/h11-14,23H,1-10H2. The summed E-state index contributed by atoms with van der Waals surface area (Å²) in [5, 5.41) is 4.53. The van der Waals surface area contributed by atoms with E-state index in [-0.39, 0.29) is 11.5 Å². The number of nitrogens with zero attached hydrogens (tertiary/aromatic N) is 3. The second-order valence-electron chi connectivity index (χ2n) is 7.97. The van der Waals surface area contributed by atoms with E-state index in [4.69, 9.17) is 10.3 Å². The molecular formula is C20H25F2N4O2. The summed E-state index contributed by atoms with van der Waals surface area (Å²) in [5.74, 6) is -1.05. The van der Waals surface area contributed by atoms with Crippen LogP contribution in [0.25, 0.3) is 11.0 Å². The van der Waals surface area contributed by atoms with Gasteiger partial charge in [-0.2, -0.15) is 0 Å². The van der Waals surface area contributed by atoms with Crippen LogP contribution >= 0.6 is 0 Å². The Morgan fingerprint density at radius 3 is 2.46 bits per heavy atom. The number of fused-ring (bicyclic) bond motifs is 1. The molecule has 1 aliphatic heterocycles. The van der Waals surface area contributed by atoms with Crippen LogP contribution in [0, 0.1) is 23.5 Å². The smallest absolute Gasteiger partial charge is 0.241 e. The van der Waals surface area contributed by atoms with Crippen molar-refractivity contribution in [1.82, 2.24) is 15.8 Å². The quantitative estimate of drug-likeness (QED) is 0.782. The first kappa shape index (κ1) is 19.1. The average molecular weight is 391 g/mol. The van der Waals surface area contributed by atoms with Crippen LogP contribution in [0.2, 0.25) is 0 Å². The molecule has 6 nitrogen and oxygen atoms in total. The highest BCUT2D eigenvalue weighted by Crippen LogP contribution is 2.32. The topological polar surface area (TPSA) is 73.4 Å². The number of hydrogen-bond donors (Lipinski definition) is 0. The van der Waals surface area contributed by atoms with E-state index in [1.54, 1.807) is 0 Å². The molecule has 0 spiro atoms. The molecule has 1 saturated heterocycles. The first-order chi connectivity index (χ1) is 13.5. The number of piperazine rings is 1. The summed E-state index contributed by atoms with van der Waals surface area (Å²) in [5.41, 5.74) is 7.51. The number of aromatic nitrogens is 1. The number of halogens is 2. The van der Waals surface area contributed by atoms with Crippen LogP contribution in [0.3, 0.4) is 0 Å². The summed E-state index contributed by atoms with van der Waals surface area (Å²) in [7, 11) is 0. The Morgan fingerprint density at radius 2 is 1.79 bits per heavy atom. The van der Waals surface area contributed by atoms with Crippen LogP contribution in [0.15, 0.2) is 16.7 Å². The molecule has 1 aromatic carbocycles. The van der Waals surface area contributed by atoms with Crippen LogP contribution in [0.4, 0.5) is 14.6 Å². The van der Waals surface area contributed by atoms with Gasteiger partial charge in [-0.25, -0.2) is 8.78 Å². The molecule has 4 rings (SSSR count). The van der Waals surface area contributed by atoms with E-state index in [0.29, 0.717) is 17.1 Å². The van der Waals surface area contributed by atoms with Crippen molar-refractivity contribution in [3.05, 3.63) is 23.8 Å². The number of carbonyl (C=O) groups excluding carboxylic acids is 1. The molecule has 0 atom stereocenters. The van der Waals surface area contributed by atoms with E-state index in [2.05, 4.69) is 15.0 Å². The average Bonchev–Trinajstić information content (AvgIpc) is 3.10. The molecule has 0 unspecified atom stereocenters. The fraction of sp³-hybridized carbons (Fsp3) is 0.600. The molecule has 1 N–H and O–H groups in total. The van der Waals surface area contributed by atoms with E-state index in [9.17, 15) is 13.6 Å². The molecular weight excluding hydrogens is 366 g/mol. The van der Waals surface area contributed by atoms with Gasteiger partial charge in [-0.15, -0.1) is 0 Å². The summed E-state index contributed by atoms with van der Waals surface area (Å²) in [6, 6.07) is 2.20. The first-order valence-corrected chi connectivity index (χ1v) is 9.98. The third-order valence-electron chi connectivity index (χ3n) is 6.24. The molecule has 1 amide bonds. The Morgan fingerprint density at radius 1 is 1.11 bits per heavy atom. The van der Waals surface area contributed by atoms with Crippen molar-refractivity contribution in [2.24, 2.45) is 11.8 Å². The molecule has 2 aromatic rings. The van der Waals surface area contributed by atoms with Crippen molar-refractivity contribution < 1.29 is 18.1 Å². The highest BCUT2D eigenvalue weighted by Gasteiger charge is 2.27. The second kappa shape index (κ2) is 8.03. The van der Waals surface area contributed by atoms with Crippen LogP contribution in [-0.2, 0) is 4.79 Å². The van der Waals surface area contributed by atoms with Gasteiger partial charge in [0.2, 0.25) is 5.91 Å². The van der Waals surface area contributed by atoms with E-state index < -0.39 is 17.5 Å². The Bertz CT molecular complexity index is 840. The summed E-state index contributed by atoms with van der Waals surface area (Å²) in [6.45, 7) is 4.33. The van der Waals surface area contributed by atoms with Crippen LogP contribution in [0.1, 0.15) is 32.1 Å². The fourth-order valence-electron chi connectivity index (χ4n) is 4.41. The van der Waals surface area contributed by atoms with E-state index in [1.807, 2.05) is 0 Å². The maximum atomic E-state index is 13.6. The number of nitrogens with one attached hydrogen (secondary N) is 1. The number of anilines is 1.